The van der Waals surface area contributed by atoms with Crippen LogP contribution in [0.3, 0.4) is 0 Å². The lowest BCUT2D eigenvalue weighted by Gasteiger charge is -2.26. The maximum absolute atomic E-state index is 5.61. The molecular formula is C11H16N2O2. The minimum Gasteiger partial charge on any atom is -0.484 e. The number of aromatic nitrogens is 1. The van der Waals surface area contributed by atoms with Crippen LogP contribution in [0.25, 0.3) is 0 Å². The smallest absolute Gasteiger partial charge is 0.145 e. The van der Waals surface area contributed by atoms with Gasteiger partial charge in [-0.05, 0) is 26.1 Å². The molecule has 0 spiro atoms. The Labute approximate surface area is 89.6 Å². The fraction of sp³-hybridized carbons (Fsp3) is 0.545. The second-order valence-corrected chi connectivity index (χ2v) is 3.71. The summed E-state index contributed by atoms with van der Waals surface area (Å²) in [6.07, 6.45) is 1.97. The van der Waals surface area contributed by atoms with Gasteiger partial charge >= 0.3 is 0 Å². The summed E-state index contributed by atoms with van der Waals surface area (Å²) < 4.78 is 10.6. The first-order valence-corrected chi connectivity index (χ1v) is 5.17. The van der Waals surface area contributed by atoms with Crippen LogP contribution in [0.4, 0.5) is 0 Å². The van der Waals surface area contributed by atoms with Crippen molar-refractivity contribution in [3.63, 3.8) is 0 Å². The molecule has 1 N–H and O–H groups in total. The van der Waals surface area contributed by atoms with Crippen molar-refractivity contribution < 1.29 is 9.47 Å². The molecule has 0 bridgehead atoms. The molecule has 1 aromatic rings. The maximum Gasteiger partial charge on any atom is 0.145 e. The van der Waals surface area contributed by atoms with E-state index in [0.717, 1.165) is 11.4 Å². The van der Waals surface area contributed by atoms with Crippen molar-refractivity contribution in [1.82, 2.24) is 10.3 Å². The van der Waals surface area contributed by atoms with Crippen molar-refractivity contribution in [2.45, 2.75) is 19.1 Å². The fourth-order valence-corrected chi connectivity index (χ4v) is 1.34. The maximum atomic E-state index is 5.61. The fourth-order valence-electron chi connectivity index (χ4n) is 1.34. The first-order chi connectivity index (χ1) is 7.29. The van der Waals surface area contributed by atoms with Crippen LogP contribution in [0.15, 0.2) is 18.3 Å². The van der Waals surface area contributed by atoms with Gasteiger partial charge in [-0.3, -0.25) is 4.98 Å². The van der Waals surface area contributed by atoms with Crippen LogP contribution in [-0.4, -0.2) is 31.3 Å². The Morgan fingerprint density at radius 3 is 2.80 bits per heavy atom. The summed E-state index contributed by atoms with van der Waals surface area (Å²) in [5, 5.41) is 3.14. The summed E-state index contributed by atoms with van der Waals surface area (Å²) in [5.74, 6) is 0.815. The quantitative estimate of drug-likeness (QED) is 0.805. The summed E-state index contributed by atoms with van der Waals surface area (Å²) in [5.41, 5.74) is 1.02. The van der Waals surface area contributed by atoms with Crippen LogP contribution in [0, 0.1) is 0 Å². The van der Waals surface area contributed by atoms with Gasteiger partial charge in [0.05, 0.1) is 25.1 Å². The van der Waals surface area contributed by atoms with E-state index in [9.17, 15) is 0 Å². The standard InChI is InChI=1S/C11H16N2O2/c1-8(12-2)11-4-3-9(5-13-11)15-10-6-14-7-10/h3-5,8,10,12H,6-7H2,1-2H3. The van der Waals surface area contributed by atoms with Crippen molar-refractivity contribution in [1.29, 1.82) is 0 Å². The Kier molecular flexibility index (Phi) is 3.18. The minimum absolute atomic E-state index is 0.208. The van der Waals surface area contributed by atoms with Gasteiger partial charge in [-0.15, -0.1) is 0 Å². The highest BCUT2D eigenvalue weighted by Gasteiger charge is 2.20. The van der Waals surface area contributed by atoms with Crippen LogP contribution in [-0.2, 0) is 4.74 Å². The van der Waals surface area contributed by atoms with Crippen molar-refractivity contribution >= 4 is 0 Å². The highest BCUT2D eigenvalue weighted by atomic mass is 16.6. The molecule has 0 saturated carbocycles. The van der Waals surface area contributed by atoms with Crippen molar-refractivity contribution in [3.8, 4) is 5.75 Å². The number of hydrogen-bond donors (Lipinski definition) is 1. The highest BCUT2D eigenvalue weighted by Crippen LogP contribution is 2.17. The molecule has 0 radical (unpaired) electrons. The first kappa shape index (κ1) is 10.4. The Morgan fingerprint density at radius 2 is 2.33 bits per heavy atom. The summed E-state index contributed by atoms with van der Waals surface area (Å²) >= 11 is 0. The highest BCUT2D eigenvalue weighted by molar-refractivity contribution is 5.21. The van der Waals surface area contributed by atoms with E-state index in [4.69, 9.17) is 9.47 Å². The largest absolute Gasteiger partial charge is 0.484 e. The molecule has 1 aliphatic rings. The van der Waals surface area contributed by atoms with E-state index < -0.39 is 0 Å². The van der Waals surface area contributed by atoms with E-state index in [0.29, 0.717) is 13.2 Å². The van der Waals surface area contributed by atoms with Crippen molar-refractivity contribution in [2.24, 2.45) is 0 Å². The zero-order valence-electron chi connectivity index (χ0n) is 9.06. The van der Waals surface area contributed by atoms with Gasteiger partial charge in [0.15, 0.2) is 0 Å². The number of ether oxygens (including phenoxy) is 2. The second kappa shape index (κ2) is 4.59. The van der Waals surface area contributed by atoms with E-state index in [1.165, 1.54) is 0 Å². The van der Waals surface area contributed by atoms with Crippen LogP contribution in [0.5, 0.6) is 5.75 Å². The molecule has 1 aromatic heterocycles. The van der Waals surface area contributed by atoms with Crippen molar-refractivity contribution in [2.75, 3.05) is 20.3 Å². The molecule has 15 heavy (non-hydrogen) atoms. The zero-order valence-corrected chi connectivity index (χ0v) is 9.06. The van der Waals surface area contributed by atoms with Gasteiger partial charge in [-0.25, -0.2) is 0 Å². The molecule has 2 heterocycles. The van der Waals surface area contributed by atoms with Gasteiger partial charge < -0.3 is 14.8 Å². The lowest BCUT2D eigenvalue weighted by Crippen LogP contribution is -2.38. The van der Waals surface area contributed by atoms with E-state index >= 15 is 0 Å². The predicted molar refractivity (Wildman–Crippen MR) is 56.9 cm³/mol. The van der Waals surface area contributed by atoms with E-state index in [-0.39, 0.29) is 12.1 Å². The number of rotatable bonds is 4. The lowest BCUT2D eigenvalue weighted by molar-refractivity contribution is -0.0798. The molecule has 1 saturated heterocycles. The molecule has 0 aromatic carbocycles. The normalized spacial score (nSPS) is 18.3. The van der Waals surface area contributed by atoms with E-state index in [1.807, 2.05) is 19.2 Å². The molecule has 1 fully saturated rings. The third kappa shape index (κ3) is 2.46. The van der Waals surface area contributed by atoms with Gasteiger partial charge in [-0.2, -0.15) is 0 Å². The van der Waals surface area contributed by atoms with Gasteiger partial charge in [0.2, 0.25) is 0 Å². The minimum atomic E-state index is 0.208. The summed E-state index contributed by atoms with van der Waals surface area (Å²) in [7, 11) is 1.92. The number of nitrogens with one attached hydrogen (secondary N) is 1. The van der Waals surface area contributed by atoms with Gasteiger partial charge in [0.1, 0.15) is 11.9 Å². The molecule has 1 atom stereocenters. The average molecular weight is 208 g/mol. The molecule has 4 heteroatoms. The molecule has 1 aliphatic heterocycles. The Morgan fingerprint density at radius 1 is 1.53 bits per heavy atom. The van der Waals surface area contributed by atoms with Crippen LogP contribution in [0.2, 0.25) is 0 Å². The summed E-state index contributed by atoms with van der Waals surface area (Å²) in [6.45, 7) is 3.45. The first-order valence-electron chi connectivity index (χ1n) is 5.17. The van der Waals surface area contributed by atoms with Crippen LogP contribution in [0.1, 0.15) is 18.7 Å². The topological polar surface area (TPSA) is 43.4 Å². The van der Waals surface area contributed by atoms with Gasteiger partial charge in [0, 0.05) is 6.04 Å². The second-order valence-electron chi connectivity index (χ2n) is 3.71. The number of hydrogen-bond acceptors (Lipinski definition) is 4. The SMILES string of the molecule is CNC(C)c1ccc(OC2COC2)cn1. The molecule has 2 rings (SSSR count). The predicted octanol–water partition coefficient (Wildman–Crippen LogP) is 1.14. The van der Waals surface area contributed by atoms with E-state index in [2.05, 4.69) is 17.2 Å². The third-order valence-corrected chi connectivity index (χ3v) is 2.55. The average Bonchev–Trinajstić information content (AvgIpc) is 2.23. The molecule has 0 amide bonds. The lowest BCUT2D eigenvalue weighted by atomic mass is 10.2. The summed E-state index contributed by atoms with van der Waals surface area (Å²) in [6, 6.07) is 4.20. The Balaban J connectivity index is 1.96. The van der Waals surface area contributed by atoms with Gasteiger partial charge in [0.25, 0.3) is 0 Å². The van der Waals surface area contributed by atoms with Crippen LogP contribution < -0.4 is 10.1 Å². The molecule has 4 nitrogen and oxygen atoms in total. The molecular weight excluding hydrogens is 192 g/mol. The van der Waals surface area contributed by atoms with Crippen LogP contribution >= 0.6 is 0 Å². The monoisotopic (exact) mass is 208 g/mol. The Bertz CT molecular complexity index is 309. The van der Waals surface area contributed by atoms with Crippen molar-refractivity contribution in [3.05, 3.63) is 24.0 Å². The van der Waals surface area contributed by atoms with Gasteiger partial charge in [-0.1, -0.05) is 0 Å². The summed E-state index contributed by atoms with van der Waals surface area (Å²) in [4.78, 5) is 4.33. The Hall–Kier alpha value is -1.13. The number of nitrogens with zero attached hydrogens (tertiary/aromatic N) is 1. The molecule has 82 valence electrons. The molecule has 1 unspecified atom stereocenters. The third-order valence-electron chi connectivity index (χ3n) is 2.55. The molecule has 0 aliphatic carbocycles. The zero-order chi connectivity index (χ0) is 10.7. The van der Waals surface area contributed by atoms with E-state index in [1.54, 1.807) is 6.20 Å². The number of pyridine rings is 1.